The molecule has 1 aliphatic rings. The summed E-state index contributed by atoms with van der Waals surface area (Å²) in [5.41, 5.74) is 3.85. The highest BCUT2D eigenvalue weighted by molar-refractivity contribution is 5.90. The van der Waals surface area contributed by atoms with Crippen LogP contribution in [0.1, 0.15) is 24.1 Å². The van der Waals surface area contributed by atoms with E-state index in [0.29, 0.717) is 31.2 Å². The number of methoxy groups -OCH3 is 1. The molecule has 0 aliphatic heterocycles. The molecule has 0 bridgehead atoms. The minimum absolute atomic E-state index is 0.249. The first kappa shape index (κ1) is 20.6. The van der Waals surface area contributed by atoms with Crippen molar-refractivity contribution in [1.29, 1.82) is 0 Å². The molecule has 1 aliphatic carbocycles. The van der Waals surface area contributed by atoms with Gasteiger partial charge in [-0.2, -0.15) is 0 Å². The van der Waals surface area contributed by atoms with Crippen molar-refractivity contribution in [3.05, 3.63) is 53.7 Å². The van der Waals surface area contributed by atoms with Gasteiger partial charge in [0.15, 0.2) is 11.5 Å². The highest BCUT2D eigenvalue weighted by Gasteiger charge is 2.18. The molecule has 0 fully saturated rings. The molecule has 6 heteroatoms. The zero-order chi connectivity index (χ0) is 20.8. The number of hydrogen-bond donors (Lipinski definition) is 3. The summed E-state index contributed by atoms with van der Waals surface area (Å²) in [6.07, 6.45) is 4.05. The Labute approximate surface area is 177 Å². The molecule has 2 aromatic carbocycles. The molecule has 0 spiro atoms. The van der Waals surface area contributed by atoms with Crippen LogP contribution < -0.4 is 19.5 Å². The van der Waals surface area contributed by atoms with Gasteiger partial charge in [0.05, 0.1) is 7.11 Å². The summed E-state index contributed by atoms with van der Waals surface area (Å²) in [7, 11) is 1.63. The zero-order valence-corrected chi connectivity index (χ0v) is 17.4. The second kappa shape index (κ2) is 9.87. The number of ether oxygens (including phenoxy) is 3. The van der Waals surface area contributed by atoms with E-state index in [1.165, 1.54) is 29.5 Å². The molecule has 3 aromatic rings. The van der Waals surface area contributed by atoms with Gasteiger partial charge in [-0.05, 0) is 55.5 Å². The van der Waals surface area contributed by atoms with E-state index in [0.717, 1.165) is 24.1 Å². The number of aromatic amines is 1. The van der Waals surface area contributed by atoms with Crippen molar-refractivity contribution < 1.29 is 19.3 Å². The van der Waals surface area contributed by atoms with Crippen LogP contribution in [-0.4, -0.2) is 49.6 Å². The van der Waals surface area contributed by atoms with Gasteiger partial charge in [0.25, 0.3) is 0 Å². The largest absolute Gasteiger partial charge is 0.493 e. The van der Waals surface area contributed by atoms with E-state index in [1.807, 2.05) is 36.4 Å². The van der Waals surface area contributed by atoms with Gasteiger partial charge >= 0.3 is 0 Å². The minimum atomic E-state index is -0.596. The number of aromatic nitrogens is 1. The second-order valence-electron chi connectivity index (χ2n) is 7.64. The lowest BCUT2D eigenvalue weighted by Gasteiger charge is -2.16. The summed E-state index contributed by atoms with van der Waals surface area (Å²) in [6.45, 7) is 1.80. The first-order valence-electron chi connectivity index (χ1n) is 10.7. The molecule has 3 N–H and O–H groups in total. The number of aliphatic hydroxyl groups excluding tert-OH is 1. The first-order chi connectivity index (χ1) is 14.8. The molecule has 0 amide bonds. The van der Waals surface area contributed by atoms with E-state index in [1.54, 1.807) is 7.11 Å². The fourth-order valence-corrected chi connectivity index (χ4v) is 4.03. The summed E-state index contributed by atoms with van der Waals surface area (Å²) < 4.78 is 17.0. The van der Waals surface area contributed by atoms with Gasteiger partial charge in [0.2, 0.25) is 0 Å². The van der Waals surface area contributed by atoms with Crippen molar-refractivity contribution >= 4 is 10.9 Å². The normalized spacial score (nSPS) is 14.3. The van der Waals surface area contributed by atoms with E-state index in [-0.39, 0.29) is 6.61 Å². The van der Waals surface area contributed by atoms with Gasteiger partial charge in [0.1, 0.15) is 25.1 Å². The van der Waals surface area contributed by atoms with Crippen LogP contribution in [0, 0.1) is 0 Å². The van der Waals surface area contributed by atoms with Crippen LogP contribution in [-0.2, 0) is 12.8 Å². The Balaban J connectivity index is 1.23. The Bertz CT molecular complexity index is 969. The number of para-hydroxylation sites is 2. The lowest BCUT2D eigenvalue weighted by atomic mass is 9.95. The van der Waals surface area contributed by atoms with E-state index in [4.69, 9.17) is 14.2 Å². The number of rotatable bonds is 10. The average molecular weight is 411 g/mol. The zero-order valence-electron chi connectivity index (χ0n) is 17.4. The second-order valence-corrected chi connectivity index (χ2v) is 7.64. The van der Waals surface area contributed by atoms with E-state index < -0.39 is 6.10 Å². The first-order valence-corrected chi connectivity index (χ1v) is 10.7. The number of H-pyrrole nitrogens is 1. The molecule has 6 nitrogen and oxygen atoms in total. The molecule has 1 atom stereocenters. The third-order valence-electron chi connectivity index (χ3n) is 5.50. The Morgan fingerprint density at radius 3 is 2.67 bits per heavy atom. The lowest BCUT2D eigenvalue weighted by Crippen LogP contribution is -2.33. The number of hydrogen-bond acceptors (Lipinski definition) is 5. The molecule has 30 heavy (non-hydrogen) atoms. The molecular weight excluding hydrogens is 380 g/mol. The number of benzene rings is 2. The number of nitrogens with one attached hydrogen (secondary N) is 2. The maximum Gasteiger partial charge on any atom is 0.161 e. The SMILES string of the molecule is COc1ccccc1OCCNCC(O)COc1cccc2[nH]c3c(c12)CCCC3. The fraction of sp³-hybridized carbons (Fsp3) is 0.417. The Morgan fingerprint density at radius 1 is 1.00 bits per heavy atom. The summed E-state index contributed by atoms with van der Waals surface area (Å²) in [6, 6.07) is 13.7. The van der Waals surface area contributed by atoms with Crippen LogP contribution in [0.2, 0.25) is 0 Å². The van der Waals surface area contributed by atoms with Gasteiger partial charge in [0, 0.05) is 29.7 Å². The van der Waals surface area contributed by atoms with Crippen molar-refractivity contribution in [3.63, 3.8) is 0 Å². The summed E-state index contributed by atoms with van der Waals surface area (Å²) in [4.78, 5) is 3.54. The van der Waals surface area contributed by atoms with Gasteiger partial charge < -0.3 is 29.6 Å². The summed E-state index contributed by atoms with van der Waals surface area (Å²) >= 11 is 0. The standard InChI is InChI=1S/C24H30N2O4/c1-28-21-10-4-5-11-22(21)29-14-13-25-15-17(27)16-30-23-12-6-9-20-24(23)18-7-2-3-8-19(18)26-20/h4-6,9-12,17,25-27H,2-3,7-8,13-16H2,1H3. The lowest BCUT2D eigenvalue weighted by molar-refractivity contribution is 0.106. The molecule has 4 rings (SSSR count). The van der Waals surface area contributed by atoms with Crippen LogP contribution in [0.25, 0.3) is 10.9 Å². The maximum absolute atomic E-state index is 10.3. The van der Waals surface area contributed by atoms with Crippen LogP contribution in [0.15, 0.2) is 42.5 Å². The molecule has 0 saturated carbocycles. The molecular formula is C24H30N2O4. The predicted octanol–water partition coefficient (Wildman–Crippen LogP) is 3.46. The smallest absolute Gasteiger partial charge is 0.161 e. The van der Waals surface area contributed by atoms with Crippen LogP contribution in [0.3, 0.4) is 0 Å². The van der Waals surface area contributed by atoms with Crippen LogP contribution >= 0.6 is 0 Å². The predicted molar refractivity (Wildman–Crippen MR) is 118 cm³/mol. The summed E-state index contributed by atoms with van der Waals surface area (Å²) in [5.74, 6) is 2.28. The molecule has 0 saturated heterocycles. The van der Waals surface area contributed by atoms with Gasteiger partial charge in [-0.25, -0.2) is 0 Å². The van der Waals surface area contributed by atoms with E-state index in [9.17, 15) is 5.11 Å². The van der Waals surface area contributed by atoms with Crippen molar-refractivity contribution in [3.8, 4) is 17.2 Å². The third-order valence-corrected chi connectivity index (χ3v) is 5.50. The van der Waals surface area contributed by atoms with E-state index >= 15 is 0 Å². The van der Waals surface area contributed by atoms with Gasteiger partial charge in [-0.3, -0.25) is 0 Å². The highest BCUT2D eigenvalue weighted by Crippen LogP contribution is 2.35. The summed E-state index contributed by atoms with van der Waals surface area (Å²) in [5, 5.41) is 14.7. The van der Waals surface area contributed by atoms with Crippen molar-refractivity contribution in [1.82, 2.24) is 10.3 Å². The van der Waals surface area contributed by atoms with Crippen LogP contribution in [0.5, 0.6) is 17.2 Å². The van der Waals surface area contributed by atoms with Crippen molar-refractivity contribution in [2.75, 3.05) is 33.4 Å². The highest BCUT2D eigenvalue weighted by atomic mass is 16.5. The number of aliphatic hydroxyl groups is 1. The molecule has 0 radical (unpaired) electrons. The van der Waals surface area contributed by atoms with Crippen molar-refractivity contribution in [2.24, 2.45) is 0 Å². The average Bonchev–Trinajstić information content (AvgIpc) is 3.17. The fourth-order valence-electron chi connectivity index (χ4n) is 4.03. The van der Waals surface area contributed by atoms with Gasteiger partial charge in [-0.15, -0.1) is 0 Å². The van der Waals surface area contributed by atoms with E-state index in [2.05, 4.69) is 16.4 Å². The Hall–Kier alpha value is -2.70. The van der Waals surface area contributed by atoms with Crippen molar-refractivity contribution in [2.45, 2.75) is 31.8 Å². The monoisotopic (exact) mass is 410 g/mol. The molecule has 1 unspecified atom stereocenters. The quantitative estimate of drug-likeness (QED) is 0.446. The third kappa shape index (κ3) is 4.71. The molecule has 1 heterocycles. The Kier molecular flexibility index (Phi) is 6.77. The maximum atomic E-state index is 10.3. The van der Waals surface area contributed by atoms with Crippen LogP contribution in [0.4, 0.5) is 0 Å². The number of aryl methyl sites for hydroxylation is 2. The molecule has 1 aromatic heterocycles. The van der Waals surface area contributed by atoms with Gasteiger partial charge in [-0.1, -0.05) is 18.2 Å². The molecule has 160 valence electrons. The minimum Gasteiger partial charge on any atom is -0.493 e. The topological polar surface area (TPSA) is 75.7 Å². The Morgan fingerprint density at radius 2 is 1.80 bits per heavy atom. The number of fused-ring (bicyclic) bond motifs is 3.